The monoisotopic (exact) mass is 548 g/mol. The van der Waals surface area contributed by atoms with E-state index in [0.29, 0.717) is 41.9 Å². The van der Waals surface area contributed by atoms with E-state index in [1.54, 1.807) is 0 Å². The Morgan fingerprint density at radius 1 is 0.944 bits per heavy atom. The molecule has 0 amide bonds. The number of halogens is 1. The van der Waals surface area contributed by atoms with Gasteiger partial charge >= 0.3 is 0 Å². The number of Topliss-reactive ketones (excluding diaryl/α,β-unsaturated/α-hetero) is 1. The summed E-state index contributed by atoms with van der Waals surface area (Å²) in [5.41, 5.74) is 5.42. The summed E-state index contributed by atoms with van der Waals surface area (Å²) < 4.78 is 11.8. The van der Waals surface area contributed by atoms with Crippen molar-refractivity contribution in [3.05, 3.63) is 87.5 Å². The highest BCUT2D eigenvalue weighted by Crippen LogP contribution is 2.46. The highest BCUT2D eigenvalue weighted by Gasteiger charge is 2.36. The Morgan fingerprint density at radius 3 is 2.39 bits per heavy atom. The Labute approximate surface area is 219 Å². The van der Waals surface area contributed by atoms with Gasteiger partial charge in [-0.15, -0.1) is 0 Å². The second kappa shape index (κ2) is 10.3. The molecule has 7 heteroatoms. The van der Waals surface area contributed by atoms with Gasteiger partial charge in [-0.2, -0.15) is 0 Å². The molecule has 36 heavy (non-hydrogen) atoms. The number of phenolic OH excluding ortho intramolecular Hbond substituents is 1. The Balaban J connectivity index is 1.57. The lowest BCUT2D eigenvalue weighted by molar-refractivity contribution is -0.116. The van der Waals surface area contributed by atoms with Gasteiger partial charge in [0.25, 0.3) is 0 Å². The molecule has 0 saturated carbocycles. The number of fused-ring (bicyclic) bond motifs is 1. The van der Waals surface area contributed by atoms with E-state index in [4.69, 9.17) is 9.47 Å². The molecule has 1 aliphatic carbocycles. The van der Waals surface area contributed by atoms with E-state index < -0.39 is 6.04 Å². The maximum Gasteiger partial charge on any atom is 0.172 e. The van der Waals surface area contributed by atoms with Crippen LogP contribution in [0.3, 0.4) is 0 Å². The lowest BCUT2D eigenvalue weighted by Gasteiger charge is -2.30. The molecular weight excluding hydrogens is 520 g/mol. The quantitative estimate of drug-likeness (QED) is 0.310. The summed E-state index contributed by atoms with van der Waals surface area (Å²) in [7, 11) is 0. The van der Waals surface area contributed by atoms with Gasteiger partial charge in [0.2, 0.25) is 0 Å². The number of nitrogens with one attached hydrogen (secondary N) is 2. The summed E-state index contributed by atoms with van der Waals surface area (Å²) in [6.45, 7) is 4.87. The summed E-state index contributed by atoms with van der Waals surface area (Å²) in [4.78, 5) is 13.8. The van der Waals surface area contributed by atoms with Crippen LogP contribution in [0.4, 0.5) is 11.4 Å². The fourth-order valence-electron chi connectivity index (χ4n) is 5.01. The molecule has 5 rings (SSSR count). The minimum Gasteiger partial charge on any atom is -0.503 e. The molecule has 0 saturated heterocycles. The van der Waals surface area contributed by atoms with Crippen LogP contribution in [0, 0.1) is 0 Å². The number of aromatic hydroxyl groups is 1. The number of hydrogen-bond acceptors (Lipinski definition) is 6. The maximum atomic E-state index is 13.8. The first kappa shape index (κ1) is 24.3. The van der Waals surface area contributed by atoms with Crippen LogP contribution in [0.15, 0.2) is 76.4 Å². The third-order valence-corrected chi connectivity index (χ3v) is 7.26. The highest BCUT2D eigenvalue weighted by atomic mass is 79.9. The predicted molar refractivity (Wildman–Crippen MR) is 145 cm³/mol. The van der Waals surface area contributed by atoms with Crippen LogP contribution in [0.1, 0.15) is 49.8 Å². The Bertz CT molecular complexity index is 1320. The minimum atomic E-state index is -0.402. The van der Waals surface area contributed by atoms with Gasteiger partial charge in [-0.05, 0) is 89.6 Å². The van der Waals surface area contributed by atoms with E-state index >= 15 is 0 Å². The Morgan fingerprint density at radius 2 is 1.67 bits per heavy atom. The fraction of sp³-hybridized carbons (Fsp3) is 0.276. The number of carbonyl (C=O) groups excluding carboxylic acids is 1. The Hall–Kier alpha value is -3.45. The van der Waals surface area contributed by atoms with Gasteiger partial charge in [-0.3, -0.25) is 4.79 Å². The molecular formula is C29H29BrN2O4. The molecule has 0 fully saturated rings. The summed E-state index contributed by atoms with van der Waals surface area (Å²) >= 11 is 3.46. The van der Waals surface area contributed by atoms with Crippen LogP contribution in [-0.4, -0.2) is 24.1 Å². The second-order valence-corrected chi connectivity index (χ2v) is 9.81. The average Bonchev–Trinajstić information content (AvgIpc) is 3.04. The smallest absolute Gasteiger partial charge is 0.172 e. The van der Waals surface area contributed by atoms with Crippen molar-refractivity contribution in [1.29, 1.82) is 0 Å². The van der Waals surface area contributed by atoms with E-state index in [-0.39, 0.29) is 17.5 Å². The zero-order valence-electron chi connectivity index (χ0n) is 20.3. The highest BCUT2D eigenvalue weighted by molar-refractivity contribution is 9.10. The number of hydrogen-bond donors (Lipinski definition) is 3. The molecule has 3 aromatic carbocycles. The van der Waals surface area contributed by atoms with Crippen LogP contribution in [0.5, 0.6) is 17.2 Å². The molecule has 0 radical (unpaired) electrons. The molecule has 0 aromatic heterocycles. The first-order chi connectivity index (χ1) is 17.5. The predicted octanol–water partition coefficient (Wildman–Crippen LogP) is 6.93. The number of anilines is 2. The van der Waals surface area contributed by atoms with Crippen LogP contribution in [0.2, 0.25) is 0 Å². The van der Waals surface area contributed by atoms with E-state index in [0.717, 1.165) is 33.9 Å². The summed E-state index contributed by atoms with van der Waals surface area (Å²) in [6.07, 6.45) is 1.12. The molecule has 0 spiro atoms. The molecule has 2 unspecified atom stereocenters. The van der Waals surface area contributed by atoms with Gasteiger partial charge in [0.1, 0.15) is 5.75 Å². The molecule has 6 nitrogen and oxygen atoms in total. The molecule has 3 aromatic rings. The van der Waals surface area contributed by atoms with Crippen molar-refractivity contribution < 1.29 is 19.4 Å². The zero-order chi connectivity index (χ0) is 25.2. The molecule has 186 valence electrons. The van der Waals surface area contributed by atoms with Gasteiger partial charge in [0.15, 0.2) is 17.3 Å². The van der Waals surface area contributed by atoms with E-state index in [1.165, 1.54) is 0 Å². The number of ether oxygens (including phenoxy) is 2. The van der Waals surface area contributed by atoms with Crippen molar-refractivity contribution in [2.45, 2.75) is 38.6 Å². The average molecular weight is 549 g/mol. The second-order valence-electron chi connectivity index (χ2n) is 8.95. The summed E-state index contributed by atoms with van der Waals surface area (Å²) in [5.74, 6) is 1.42. The zero-order valence-corrected chi connectivity index (χ0v) is 21.9. The number of carbonyl (C=O) groups is 1. The Kier molecular flexibility index (Phi) is 6.92. The topological polar surface area (TPSA) is 79.8 Å². The van der Waals surface area contributed by atoms with Gasteiger partial charge in [-0.25, -0.2) is 0 Å². The van der Waals surface area contributed by atoms with Crippen molar-refractivity contribution in [2.75, 3.05) is 23.8 Å². The van der Waals surface area contributed by atoms with Crippen molar-refractivity contribution in [1.82, 2.24) is 0 Å². The van der Waals surface area contributed by atoms with Crippen molar-refractivity contribution >= 4 is 33.1 Å². The first-order valence-electron chi connectivity index (χ1n) is 12.2. The van der Waals surface area contributed by atoms with Crippen LogP contribution in [0.25, 0.3) is 0 Å². The van der Waals surface area contributed by atoms with Gasteiger partial charge in [-0.1, -0.05) is 24.3 Å². The molecule has 1 heterocycles. The lowest BCUT2D eigenvalue weighted by atomic mass is 9.78. The minimum absolute atomic E-state index is 0.0486. The van der Waals surface area contributed by atoms with Crippen molar-refractivity contribution in [3.63, 3.8) is 0 Å². The molecule has 1 aliphatic heterocycles. The van der Waals surface area contributed by atoms with Crippen molar-refractivity contribution in [3.8, 4) is 17.2 Å². The van der Waals surface area contributed by atoms with Gasteiger partial charge < -0.3 is 25.2 Å². The van der Waals surface area contributed by atoms with Crippen molar-refractivity contribution in [2.24, 2.45) is 0 Å². The lowest BCUT2D eigenvalue weighted by Crippen LogP contribution is -2.27. The fourth-order valence-corrected chi connectivity index (χ4v) is 5.47. The van der Waals surface area contributed by atoms with Gasteiger partial charge in [0, 0.05) is 17.7 Å². The van der Waals surface area contributed by atoms with E-state index in [9.17, 15) is 9.90 Å². The number of ketones is 1. The third kappa shape index (κ3) is 4.67. The van der Waals surface area contributed by atoms with E-state index in [1.807, 2.05) is 62.4 Å². The van der Waals surface area contributed by atoms with Gasteiger partial charge in [0.05, 0.1) is 35.1 Å². The van der Waals surface area contributed by atoms with E-state index in [2.05, 4.69) is 38.7 Å². The third-order valence-electron chi connectivity index (χ3n) is 6.66. The molecule has 2 atom stereocenters. The van der Waals surface area contributed by atoms with Crippen LogP contribution >= 0.6 is 15.9 Å². The first-order valence-corrected chi connectivity index (χ1v) is 13.0. The normalized spacial score (nSPS) is 18.9. The maximum absolute atomic E-state index is 13.8. The number of para-hydroxylation sites is 2. The SMILES string of the molecule is CCOc1ccc(C2CC(=O)C3=C(C2)Nc2ccccc2NC3c2cc(Br)c(O)c(OCC)c2)cc1. The van der Waals surface area contributed by atoms with Crippen LogP contribution < -0.4 is 20.1 Å². The summed E-state index contributed by atoms with van der Waals surface area (Å²) in [5, 5.41) is 17.6. The standard InChI is InChI=1S/C29H29BrN2O4/c1-3-35-20-11-9-17(10-12-20)18-14-24-27(25(33)15-18)28(32-23-8-6-5-7-22(23)31-24)19-13-21(30)29(34)26(16-19)36-4-2/h5-13,16,18,28,31-32,34H,3-4,14-15H2,1-2H3. The number of allylic oxidation sites excluding steroid dienone is 1. The van der Waals surface area contributed by atoms with Crippen LogP contribution in [-0.2, 0) is 4.79 Å². The molecule has 2 aliphatic rings. The molecule has 3 N–H and O–H groups in total. The largest absolute Gasteiger partial charge is 0.503 e. The number of rotatable bonds is 6. The number of benzene rings is 3. The number of phenols is 1. The summed E-state index contributed by atoms with van der Waals surface area (Å²) in [6, 6.07) is 19.3. The molecule has 0 bridgehead atoms.